The van der Waals surface area contributed by atoms with Gasteiger partial charge in [0.05, 0.1) is 5.69 Å². The topological polar surface area (TPSA) is 99.8 Å². The largest absolute Gasteiger partial charge is 0.482 e. The lowest BCUT2D eigenvalue weighted by molar-refractivity contribution is -0.121. The highest BCUT2D eigenvalue weighted by Crippen LogP contribution is 2.31. The number of para-hydroxylation sites is 2. The van der Waals surface area contributed by atoms with Crippen LogP contribution in [0.15, 0.2) is 48.5 Å². The molecule has 0 atom stereocenters. The zero-order valence-corrected chi connectivity index (χ0v) is 14.8. The summed E-state index contributed by atoms with van der Waals surface area (Å²) in [5.41, 5.74) is 1.89. The van der Waals surface area contributed by atoms with Gasteiger partial charge in [-0.15, -0.1) is 0 Å². The zero-order valence-electron chi connectivity index (χ0n) is 14.8. The van der Waals surface area contributed by atoms with Crippen molar-refractivity contribution in [3.05, 3.63) is 48.5 Å². The van der Waals surface area contributed by atoms with Gasteiger partial charge in [0.1, 0.15) is 5.75 Å². The van der Waals surface area contributed by atoms with E-state index in [1.807, 2.05) is 12.1 Å². The second-order valence-corrected chi connectivity index (χ2v) is 5.88. The molecule has 4 amide bonds. The van der Waals surface area contributed by atoms with E-state index < -0.39 is 0 Å². The van der Waals surface area contributed by atoms with E-state index in [1.165, 1.54) is 7.05 Å². The van der Waals surface area contributed by atoms with Crippen LogP contribution in [0, 0.1) is 0 Å². The van der Waals surface area contributed by atoms with Gasteiger partial charge >= 0.3 is 6.03 Å². The summed E-state index contributed by atoms with van der Waals surface area (Å²) in [6.45, 7) is 0.236. The molecule has 2 aromatic carbocycles. The van der Waals surface area contributed by atoms with E-state index in [2.05, 4.69) is 16.0 Å². The van der Waals surface area contributed by atoms with Crippen LogP contribution in [0.2, 0.25) is 0 Å². The summed E-state index contributed by atoms with van der Waals surface area (Å²) in [7, 11) is 1.53. The van der Waals surface area contributed by atoms with Crippen LogP contribution in [-0.4, -0.2) is 38.0 Å². The lowest BCUT2D eigenvalue weighted by Gasteiger charge is -2.29. The number of benzene rings is 2. The highest BCUT2D eigenvalue weighted by atomic mass is 16.5. The lowest BCUT2D eigenvalue weighted by Crippen LogP contribution is -2.40. The number of ether oxygens (including phenoxy) is 1. The van der Waals surface area contributed by atoms with E-state index in [1.54, 1.807) is 41.3 Å². The van der Waals surface area contributed by atoms with Crippen LogP contribution in [0.1, 0.15) is 6.42 Å². The molecule has 0 aromatic heterocycles. The van der Waals surface area contributed by atoms with Crippen LogP contribution in [0.3, 0.4) is 0 Å². The average Bonchev–Trinajstić information content (AvgIpc) is 2.68. The number of rotatable bonds is 5. The number of nitrogens with one attached hydrogen (secondary N) is 3. The van der Waals surface area contributed by atoms with E-state index in [4.69, 9.17) is 4.74 Å². The smallest absolute Gasteiger partial charge is 0.318 e. The number of hydrogen-bond donors (Lipinski definition) is 3. The molecule has 0 saturated heterocycles. The minimum absolute atomic E-state index is 0.0293. The molecule has 140 valence electrons. The Morgan fingerprint density at radius 1 is 1.04 bits per heavy atom. The minimum atomic E-state index is -0.317. The van der Waals surface area contributed by atoms with Gasteiger partial charge in [-0.1, -0.05) is 12.1 Å². The fraction of sp³-hybridized carbons (Fsp3) is 0.211. The third-order valence-corrected chi connectivity index (χ3v) is 4.02. The Kier molecular flexibility index (Phi) is 5.55. The molecule has 0 bridgehead atoms. The van der Waals surface area contributed by atoms with Gasteiger partial charge in [-0.25, -0.2) is 4.79 Å². The molecule has 0 aliphatic carbocycles. The molecule has 0 fully saturated rings. The first-order chi connectivity index (χ1) is 13.1. The van der Waals surface area contributed by atoms with Crippen LogP contribution in [0.4, 0.5) is 21.9 Å². The van der Waals surface area contributed by atoms with E-state index in [9.17, 15) is 14.4 Å². The average molecular weight is 368 g/mol. The summed E-state index contributed by atoms with van der Waals surface area (Å²) in [5, 5.41) is 7.87. The predicted octanol–water partition coefficient (Wildman–Crippen LogP) is 2.19. The van der Waals surface area contributed by atoms with E-state index >= 15 is 0 Å². The van der Waals surface area contributed by atoms with E-state index in [-0.39, 0.29) is 37.4 Å². The molecule has 0 spiro atoms. The number of anilines is 3. The second kappa shape index (κ2) is 8.22. The van der Waals surface area contributed by atoms with Gasteiger partial charge in [-0.3, -0.25) is 9.59 Å². The van der Waals surface area contributed by atoms with Crippen LogP contribution < -0.4 is 25.6 Å². The van der Waals surface area contributed by atoms with E-state index in [0.29, 0.717) is 22.8 Å². The molecule has 0 saturated carbocycles. The molecule has 8 heteroatoms. The number of amides is 4. The fourth-order valence-corrected chi connectivity index (χ4v) is 2.67. The summed E-state index contributed by atoms with van der Waals surface area (Å²) in [4.78, 5) is 37.2. The SMILES string of the molecule is CNC(=O)Nc1ccc(NC(=O)CCN2C(=O)COc3ccccc32)cc1. The predicted molar refractivity (Wildman–Crippen MR) is 102 cm³/mol. The summed E-state index contributed by atoms with van der Waals surface area (Å²) >= 11 is 0. The molecule has 3 N–H and O–H groups in total. The number of nitrogens with zero attached hydrogens (tertiary/aromatic N) is 1. The molecule has 0 unspecified atom stereocenters. The first kappa shape index (κ1) is 18.2. The summed E-state index contributed by atoms with van der Waals surface area (Å²) in [6, 6.07) is 13.7. The highest BCUT2D eigenvalue weighted by molar-refractivity contribution is 5.99. The lowest BCUT2D eigenvalue weighted by atomic mass is 10.2. The Balaban J connectivity index is 1.56. The van der Waals surface area contributed by atoms with Crippen LogP contribution in [0.25, 0.3) is 0 Å². The van der Waals surface area contributed by atoms with Crippen molar-refractivity contribution < 1.29 is 19.1 Å². The molecule has 3 rings (SSSR count). The third-order valence-electron chi connectivity index (χ3n) is 4.02. The molecule has 1 aliphatic rings. The number of carbonyl (C=O) groups is 3. The maximum absolute atomic E-state index is 12.2. The number of carbonyl (C=O) groups excluding carboxylic acids is 3. The zero-order chi connectivity index (χ0) is 19.2. The van der Waals surface area contributed by atoms with Crippen LogP contribution in [-0.2, 0) is 9.59 Å². The van der Waals surface area contributed by atoms with Crippen molar-refractivity contribution in [3.8, 4) is 5.75 Å². The maximum atomic E-state index is 12.2. The van der Waals surface area contributed by atoms with Gasteiger partial charge in [-0.05, 0) is 36.4 Å². The molecule has 1 heterocycles. The van der Waals surface area contributed by atoms with Crippen molar-refractivity contribution in [1.82, 2.24) is 5.32 Å². The minimum Gasteiger partial charge on any atom is -0.482 e. The van der Waals surface area contributed by atoms with Gasteiger partial charge in [0.25, 0.3) is 5.91 Å². The van der Waals surface area contributed by atoms with Crippen LogP contribution >= 0.6 is 0 Å². The van der Waals surface area contributed by atoms with Gasteiger partial charge in [0.15, 0.2) is 6.61 Å². The van der Waals surface area contributed by atoms with Gasteiger partial charge in [0, 0.05) is 31.4 Å². The summed E-state index contributed by atoms with van der Waals surface area (Å²) < 4.78 is 5.39. The van der Waals surface area contributed by atoms with Gasteiger partial charge < -0.3 is 25.6 Å². The Hall–Kier alpha value is -3.55. The Morgan fingerprint density at radius 3 is 2.41 bits per heavy atom. The molecule has 0 radical (unpaired) electrons. The fourth-order valence-electron chi connectivity index (χ4n) is 2.67. The molecular weight excluding hydrogens is 348 g/mol. The van der Waals surface area contributed by atoms with Crippen molar-refractivity contribution >= 4 is 34.9 Å². The molecule has 1 aliphatic heterocycles. The number of hydrogen-bond acceptors (Lipinski definition) is 4. The number of fused-ring (bicyclic) bond motifs is 1. The molecule has 8 nitrogen and oxygen atoms in total. The van der Waals surface area contributed by atoms with Crippen LogP contribution in [0.5, 0.6) is 5.75 Å². The Labute approximate surface area is 156 Å². The first-order valence-electron chi connectivity index (χ1n) is 8.47. The molecule has 27 heavy (non-hydrogen) atoms. The van der Waals surface area contributed by atoms with Crippen molar-refractivity contribution in [2.45, 2.75) is 6.42 Å². The summed E-state index contributed by atoms with van der Waals surface area (Å²) in [5.74, 6) is 0.252. The normalized spacial score (nSPS) is 12.6. The summed E-state index contributed by atoms with van der Waals surface area (Å²) in [6.07, 6.45) is 0.151. The third kappa shape index (κ3) is 4.55. The van der Waals surface area contributed by atoms with E-state index in [0.717, 1.165) is 0 Å². The van der Waals surface area contributed by atoms with Gasteiger partial charge in [-0.2, -0.15) is 0 Å². The van der Waals surface area contributed by atoms with Crippen molar-refractivity contribution in [2.75, 3.05) is 35.7 Å². The van der Waals surface area contributed by atoms with Crippen molar-refractivity contribution in [1.29, 1.82) is 0 Å². The Bertz CT molecular complexity index is 851. The Morgan fingerprint density at radius 2 is 1.70 bits per heavy atom. The first-order valence-corrected chi connectivity index (χ1v) is 8.47. The quantitative estimate of drug-likeness (QED) is 0.753. The number of urea groups is 1. The highest BCUT2D eigenvalue weighted by Gasteiger charge is 2.25. The van der Waals surface area contributed by atoms with Crippen molar-refractivity contribution in [2.24, 2.45) is 0 Å². The molecular formula is C19H20N4O4. The standard InChI is InChI=1S/C19H20N4O4/c1-20-19(26)22-14-8-6-13(7-9-14)21-17(24)10-11-23-15-4-2-3-5-16(15)27-12-18(23)25/h2-9H,10-12H2,1H3,(H,21,24)(H2,20,22,26). The monoisotopic (exact) mass is 368 g/mol. The van der Waals surface area contributed by atoms with Gasteiger partial charge in [0.2, 0.25) is 5.91 Å². The molecule has 2 aromatic rings. The maximum Gasteiger partial charge on any atom is 0.318 e. The second-order valence-electron chi connectivity index (χ2n) is 5.88. The van der Waals surface area contributed by atoms with Crippen molar-refractivity contribution in [3.63, 3.8) is 0 Å².